The largest absolute Gasteiger partial charge is 0.391 e. The molecule has 1 aromatic heterocycles. The summed E-state index contributed by atoms with van der Waals surface area (Å²) in [6.45, 7) is 0.255. The molecule has 1 fully saturated rings. The Bertz CT molecular complexity index is 374. The third kappa shape index (κ3) is 1.31. The second kappa shape index (κ2) is 2.95. The SMILES string of the molecule is Cn1nc(N)nc1N1CC(O)CC1=O. The average molecular weight is 197 g/mol. The van der Waals surface area contributed by atoms with Gasteiger partial charge in [-0.25, -0.2) is 4.68 Å². The Morgan fingerprint density at radius 1 is 1.64 bits per heavy atom. The van der Waals surface area contributed by atoms with Gasteiger partial charge in [0.2, 0.25) is 17.8 Å². The average Bonchev–Trinajstić information content (AvgIpc) is 2.55. The molecule has 1 amide bonds. The molecule has 1 aliphatic heterocycles. The Kier molecular flexibility index (Phi) is 1.88. The topological polar surface area (TPSA) is 97.3 Å². The first kappa shape index (κ1) is 8.95. The fourth-order valence-corrected chi connectivity index (χ4v) is 1.51. The highest BCUT2D eigenvalue weighted by Crippen LogP contribution is 2.19. The zero-order valence-electron chi connectivity index (χ0n) is 7.71. The van der Waals surface area contributed by atoms with Crippen molar-refractivity contribution in [1.82, 2.24) is 14.8 Å². The molecule has 7 nitrogen and oxygen atoms in total. The molecule has 1 unspecified atom stereocenters. The summed E-state index contributed by atoms with van der Waals surface area (Å²) in [5.41, 5.74) is 5.38. The normalized spacial score (nSPS) is 22.0. The van der Waals surface area contributed by atoms with Crippen LogP contribution in [0.25, 0.3) is 0 Å². The van der Waals surface area contributed by atoms with Crippen LogP contribution in [-0.2, 0) is 11.8 Å². The lowest BCUT2D eigenvalue weighted by Gasteiger charge is -2.12. The Balaban J connectivity index is 2.31. The lowest BCUT2D eigenvalue weighted by atomic mass is 10.3. The second-order valence-electron chi connectivity index (χ2n) is 3.26. The van der Waals surface area contributed by atoms with Gasteiger partial charge < -0.3 is 10.8 Å². The summed E-state index contributed by atoms with van der Waals surface area (Å²) >= 11 is 0. The number of aliphatic hydroxyl groups excluding tert-OH is 1. The number of hydrogen-bond donors (Lipinski definition) is 2. The van der Waals surface area contributed by atoms with E-state index in [2.05, 4.69) is 10.1 Å². The van der Waals surface area contributed by atoms with Crippen LogP contribution in [0.3, 0.4) is 0 Å². The number of aliphatic hydroxyl groups is 1. The summed E-state index contributed by atoms with van der Waals surface area (Å²) in [7, 11) is 1.65. The van der Waals surface area contributed by atoms with Crippen LogP contribution in [0.5, 0.6) is 0 Å². The molecule has 3 N–H and O–H groups in total. The first-order valence-electron chi connectivity index (χ1n) is 4.23. The standard InChI is InChI=1S/C7H11N5O2/c1-11-7(9-6(8)10-11)12-3-4(13)2-5(12)14/h4,13H,2-3H2,1H3,(H2,8,10). The Morgan fingerprint density at radius 2 is 2.36 bits per heavy atom. The molecular weight excluding hydrogens is 186 g/mol. The predicted octanol–water partition coefficient (Wildman–Crippen LogP) is -1.51. The van der Waals surface area contributed by atoms with Gasteiger partial charge in [-0.3, -0.25) is 9.69 Å². The summed E-state index contributed by atoms with van der Waals surface area (Å²) in [6, 6.07) is 0. The van der Waals surface area contributed by atoms with E-state index in [1.165, 1.54) is 9.58 Å². The van der Waals surface area contributed by atoms with Crippen LogP contribution in [0.4, 0.5) is 11.9 Å². The maximum Gasteiger partial charge on any atom is 0.241 e. The van der Waals surface area contributed by atoms with Crippen molar-refractivity contribution in [3.8, 4) is 0 Å². The van der Waals surface area contributed by atoms with E-state index in [0.29, 0.717) is 5.95 Å². The van der Waals surface area contributed by atoms with E-state index in [1.54, 1.807) is 7.05 Å². The Morgan fingerprint density at radius 3 is 2.79 bits per heavy atom. The number of carbonyl (C=O) groups is 1. The van der Waals surface area contributed by atoms with Crippen LogP contribution >= 0.6 is 0 Å². The van der Waals surface area contributed by atoms with E-state index in [1.807, 2.05) is 0 Å². The highest BCUT2D eigenvalue weighted by molar-refractivity contribution is 5.94. The van der Waals surface area contributed by atoms with Gasteiger partial charge in [0.25, 0.3) is 0 Å². The fourth-order valence-electron chi connectivity index (χ4n) is 1.51. The minimum atomic E-state index is -0.625. The van der Waals surface area contributed by atoms with E-state index >= 15 is 0 Å². The van der Waals surface area contributed by atoms with Gasteiger partial charge in [-0.2, -0.15) is 4.98 Å². The summed E-state index contributed by atoms with van der Waals surface area (Å²) in [6.07, 6.45) is -0.493. The number of nitrogens with two attached hydrogens (primary N) is 1. The van der Waals surface area contributed by atoms with E-state index in [4.69, 9.17) is 5.73 Å². The van der Waals surface area contributed by atoms with Gasteiger partial charge in [0.1, 0.15) is 0 Å². The number of carbonyl (C=O) groups excluding carboxylic acids is 1. The van der Waals surface area contributed by atoms with Gasteiger partial charge in [-0.1, -0.05) is 0 Å². The van der Waals surface area contributed by atoms with Crippen LogP contribution in [0, 0.1) is 0 Å². The summed E-state index contributed by atoms with van der Waals surface area (Å²) in [5, 5.41) is 13.1. The molecule has 0 aliphatic carbocycles. The molecular formula is C7H11N5O2. The van der Waals surface area contributed by atoms with Gasteiger partial charge in [-0.05, 0) is 0 Å². The van der Waals surface area contributed by atoms with Gasteiger partial charge in [0, 0.05) is 7.05 Å². The van der Waals surface area contributed by atoms with Crippen LogP contribution in [-0.4, -0.2) is 38.4 Å². The molecule has 14 heavy (non-hydrogen) atoms. The third-order valence-electron chi connectivity index (χ3n) is 2.10. The maximum atomic E-state index is 11.4. The minimum absolute atomic E-state index is 0.122. The number of aryl methyl sites for hydroxylation is 1. The van der Waals surface area contributed by atoms with Gasteiger partial charge in [0.05, 0.1) is 19.1 Å². The van der Waals surface area contributed by atoms with Gasteiger partial charge >= 0.3 is 0 Å². The van der Waals surface area contributed by atoms with Crippen molar-refractivity contribution in [3.05, 3.63) is 0 Å². The van der Waals surface area contributed by atoms with Crippen molar-refractivity contribution in [2.75, 3.05) is 17.2 Å². The molecule has 1 aromatic rings. The number of nitrogen functional groups attached to an aromatic ring is 1. The number of amides is 1. The van der Waals surface area contributed by atoms with Crippen molar-refractivity contribution in [3.63, 3.8) is 0 Å². The van der Waals surface area contributed by atoms with Crippen LogP contribution in [0.1, 0.15) is 6.42 Å². The third-order valence-corrected chi connectivity index (χ3v) is 2.10. The van der Waals surface area contributed by atoms with E-state index in [9.17, 15) is 9.90 Å². The molecule has 7 heteroatoms. The number of aromatic nitrogens is 3. The lowest BCUT2D eigenvalue weighted by Crippen LogP contribution is -2.28. The van der Waals surface area contributed by atoms with E-state index in [0.717, 1.165) is 0 Å². The maximum absolute atomic E-state index is 11.4. The number of nitrogens with zero attached hydrogens (tertiary/aromatic N) is 4. The summed E-state index contributed by atoms with van der Waals surface area (Å²) < 4.78 is 1.42. The van der Waals surface area contributed by atoms with E-state index in [-0.39, 0.29) is 24.8 Å². The second-order valence-corrected chi connectivity index (χ2v) is 3.26. The monoisotopic (exact) mass is 197 g/mol. The molecule has 0 saturated carbocycles. The molecule has 0 aromatic carbocycles. The minimum Gasteiger partial charge on any atom is -0.391 e. The number of rotatable bonds is 1. The van der Waals surface area contributed by atoms with Crippen molar-refractivity contribution in [2.24, 2.45) is 7.05 Å². The summed E-state index contributed by atoms with van der Waals surface area (Å²) in [5.74, 6) is 0.341. The predicted molar refractivity (Wildman–Crippen MR) is 48.4 cm³/mol. The van der Waals surface area contributed by atoms with Crippen molar-refractivity contribution >= 4 is 17.8 Å². The fraction of sp³-hybridized carbons (Fsp3) is 0.571. The van der Waals surface area contributed by atoms with Crippen LogP contribution in [0.15, 0.2) is 0 Å². The number of β-amino-alcohol motifs (C(OH)–C–C–N with tert-alkyl or cyclic N) is 1. The smallest absolute Gasteiger partial charge is 0.241 e. The number of hydrogen-bond acceptors (Lipinski definition) is 5. The van der Waals surface area contributed by atoms with Crippen molar-refractivity contribution < 1.29 is 9.90 Å². The van der Waals surface area contributed by atoms with Crippen molar-refractivity contribution in [2.45, 2.75) is 12.5 Å². The number of anilines is 2. The van der Waals surface area contributed by atoms with E-state index < -0.39 is 6.10 Å². The molecule has 1 aliphatic rings. The molecule has 0 bridgehead atoms. The molecule has 1 atom stereocenters. The zero-order chi connectivity index (χ0) is 10.3. The van der Waals surface area contributed by atoms with Crippen LogP contribution in [0.2, 0.25) is 0 Å². The zero-order valence-corrected chi connectivity index (χ0v) is 7.71. The highest BCUT2D eigenvalue weighted by Gasteiger charge is 2.31. The quantitative estimate of drug-likeness (QED) is 0.570. The van der Waals surface area contributed by atoms with Gasteiger partial charge in [-0.15, -0.1) is 5.10 Å². The Labute approximate surface area is 80.1 Å². The molecule has 1 saturated heterocycles. The first-order valence-corrected chi connectivity index (χ1v) is 4.23. The van der Waals surface area contributed by atoms with Crippen LogP contribution < -0.4 is 10.6 Å². The first-order chi connectivity index (χ1) is 6.58. The van der Waals surface area contributed by atoms with Gasteiger partial charge in [0.15, 0.2) is 0 Å². The van der Waals surface area contributed by atoms with Crippen molar-refractivity contribution in [1.29, 1.82) is 0 Å². The molecule has 0 radical (unpaired) electrons. The molecule has 2 rings (SSSR count). The molecule has 0 spiro atoms. The lowest BCUT2D eigenvalue weighted by molar-refractivity contribution is -0.117. The Hall–Kier alpha value is -1.63. The molecule has 2 heterocycles. The highest BCUT2D eigenvalue weighted by atomic mass is 16.3. The molecule has 76 valence electrons. The summed E-state index contributed by atoms with van der Waals surface area (Å²) in [4.78, 5) is 16.7.